The first-order valence-electron chi connectivity index (χ1n) is 1.88. The van der Waals surface area contributed by atoms with Gasteiger partial charge in [-0.1, -0.05) is 0 Å². The fraction of sp³-hybridized carbons (Fsp3) is 0.400. The van der Waals surface area contributed by atoms with Gasteiger partial charge in [0.25, 0.3) is 0 Å². The van der Waals surface area contributed by atoms with Crippen molar-refractivity contribution in [2.75, 3.05) is 0 Å². The average Bonchev–Trinajstić information content (AvgIpc) is 1.31. The van der Waals surface area contributed by atoms with Gasteiger partial charge in [0.15, 0.2) is 0 Å². The minimum Gasteiger partial charge on any atom is -0.481 e. The molecule has 0 unspecified atom stereocenters. The van der Waals surface area contributed by atoms with Gasteiger partial charge in [0, 0.05) is 0 Å². The number of rotatable bonds is 1. The minimum absolute atomic E-state index is 0.979. The van der Waals surface area contributed by atoms with Crippen LogP contribution >= 0.6 is 0 Å². The lowest BCUT2D eigenvalue weighted by Gasteiger charge is -2.08. The fourth-order valence-electron chi connectivity index (χ4n) is 0. The Morgan fingerprint density at radius 3 is 1.86 bits per heavy atom. The van der Waals surface area contributed by atoms with Gasteiger partial charge in [-0.25, -0.2) is 0 Å². The zero-order valence-corrected chi connectivity index (χ0v) is 4.27. The summed E-state index contributed by atoms with van der Waals surface area (Å²) in [5.41, 5.74) is -1.08. The molecule has 2 heteroatoms. The Hall–Kier alpha value is -0.530. The maximum Gasteiger partial charge on any atom is 0.309 e. The van der Waals surface area contributed by atoms with Crippen molar-refractivity contribution in [3.8, 4) is 0 Å². The van der Waals surface area contributed by atoms with Gasteiger partial charge in [-0.15, -0.1) is 0 Å². The van der Waals surface area contributed by atoms with E-state index in [1.807, 2.05) is 0 Å². The van der Waals surface area contributed by atoms with Crippen molar-refractivity contribution in [3.63, 3.8) is 0 Å². The molecular weight excluding hydrogens is 92.1 g/mol. The Kier molecular flexibility index (Phi) is 1.41. The van der Waals surface area contributed by atoms with Crippen LogP contribution in [0.5, 0.6) is 0 Å². The third-order valence-electron chi connectivity index (χ3n) is 0.516. The third kappa shape index (κ3) is 2.20. The van der Waals surface area contributed by atoms with Gasteiger partial charge in [0.2, 0.25) is 0 Å². The predicted octanol–water partition coefficient (Wildman–Crippen LogP) is 0.745. The summed E-state index contributed by atoms with van der Waals surface area (Å²) >= 11 is 0. The summed E-state index contributed by atoms with van der Waals surface area (Å²) in [7, 11) is 0. The normalized spacial score (nSPS) is 11.3. The molecule has 0 aliphatic heterocycles. The Morgan fingerprint density at radius 2 is 1.86 bits per heavy atom. The highest BCUT2D eigenvalue weighted by molar-refractivity contribution is 5.75. The fourth-order valence-corrected chi connectivity index (χ4v) is 0. The second kappa shape index (κ2) is 1.52. The van der Waals surface area contributed by atoms with E-state index in [1.165, 1.54) is 6.92 Å². The number of hydrogen-bond donors (Lipinski definition) is 1. The van der Waals surface area contributed by atoms with Gasteiger partial charge in [0.1, 0.15) is 0 Å². The second-order valence-electron chi connectivity index (χ2n) is 1.87. The van der Waals surface area contributed by atoms with E-state index >= 15 is 0 Å². The van der Waals surface area contributed by atoms with E-state index in [9.17, 15) is 4.79 Å². The van der Waals surface area contributed by atoms with Crippen LogP contribution in [0.25, 0.3) is 0 Å². The highest BCUT2D eigenvalue weighted by Crippen LogP contribution is 2.09. The standard InChI is InChI=1S/C5H8O2/c1-5(2,3)4(6)7/h1-2H2,3H3,(H,6,7). The SMILES string of the molecule is [CH2]C([CH2])(C)C(=O)O. The van der Waals surface area contributed by atoms with Crippen molar-refractivity contribution >= 4 is 5.97 Å². The molecule has 0 heterocycles. The molecule has 0 amide bonds. The molecule has 1 N–H and O–H groups in total. The van der Waals surface area contributed by atoms with Gasteiger partial charge in [-0.05, 0) is 20.8 Å². The second-order valence-corrected chi connectivity index (χ2v) is 1.87. The average molecular weight is 100 g/mol. The molecule has 0 aliphatic carbocycles. The molecule has 0 aromatic rings. The van der Waals surface area contributed by atoms with Crippen molar-refractivity contribution in [3.05, 3.63) is 13.8 Å². The largest absolute Gasteiger partial charge is 0.481 e. The number of hydrogen-bond acceptors (Lipinski definition) is 1. The molecule has 0 spiro atoms. The Balaban J connectivity index is 3.79. The molecule has 40 valence electrons. The molecule has 7 heavy (non-hydrogen) atoms. The Labute approximate surface area is 43.2 Å². The summed E-state index contributed by atoms with van der Waals surface area (Å²) in [6.07, 6.45) is 0. The van der Waals surface area contributed by atoms with Gasteiger partial charge < -0.3 is 5.11 Å². The van der Waals surface area contributed by atoms with Crippen LogP contribution < -0.4 is 0 Å². The summed E-state index contributed by atoms with van der Waals surface area (Å²) in [5.74, 6) is -0.979. The number of carboxylic acids is 1. The lowest BCUT2D eigenvalue weighted by molar-refractivity contribution is -0.143. The van der Waals surface area contributed by atoms with Crippen LogP contribution in [-0.2, 0) is 4.79 Å². The molecule has 2 radical (unpaired) electrons. The number of carbonyl (C=O) groups is 1. The zero-order chi connectivity index (χ0) is 6.08. The third-order valence-corrected chi connectivity index (χ3v) is 0.516. The first-order chi connectivity index (χ1) is 2.94. The van der Waals surface area contributed by atoms with E-state index < -0.39 is 11.4 Å². The van der Waals surface area contributed by atoms with Crippen molar-refractivity contribution in [1.29, 1.82) is 0 Å². The lowest BCUT2D eigenvalue weighted by atomic mass is 9.98. The van der Waals surface area contributed by atoms with Gasteiger partial charge in [0.05, 0.1) is 5.41 Å². The first-order valence-corrected chi connectivity index (χ1v) is 1.88. The molecule has 2 nitrogen and oxygen atoms in total. The van der Waals surface area contributed by atoms with Crippen LogP contribution in [0.15, 0.2) is 0 Å². The van der Waals surface area contributed by atoms with E-state index in [0.717, 1.165) is 0 Å². The first kappa shape index (κ1) is 6.47. The quantitative estimate of drug-likeness (QED) is 0.527. The maximum absolute atomic E-state index is 9.90. The van der Waals surface area contributed by atoms with Crippen LogP contribution in [0.3, 0.4) is 0 Å². The molecule has 0 aliphatic rings. The summed E-state index contributed by atoms with van der Waals surface area (Å²) < 4.78 is 0. The van der Waals surface area contributed by atoms with Gasteiger partial charge >= 0.3 is 5.97 Å². The zero-order valence-electron chi connectivity index (χ0n) is 4.27. The molecule has 0 saturated carbocycles. The van der Waals surface area contributed by atoms with Crippen LogP contribution in [0.1, 0.15) is 6.92 Å². The maximum atomic E-state index is 9.90. The highest BCUT2D eigenvalue weighted by Gasteiger charge is 2.19. The molecule has 0 saturated heterocycles. The molecule has 0 atom stereocenters. The molecule has 0 fully saturated rings. The van der Waals surface area contributed by atoms with E-state index in [1.54, 1.807) is 0 Å². The highest BCUT2D eigenvalue weighted by atomic mass is 16.4. The van der Waals surface area contributed by atoms with Crippen LogP contribution in [0.4, 0.5) is 0 Å². The summed E-state index contributed by atoms with van der Waals surface area (Å²) in [4.78, 5) is 9.90. The molecule has 0 bridgehead atoms. The van der Waals surface area contributed by atoms with Gasteiger partial charge in [-0.3, -0.25) is 4.79 Å². The van der Waals surface area contributed by atoms with Crippen molar-refractivity contribution < 1.29 is 9.90 Å². The number of aliphatic carboxylic acids is 1. The van der Waals surface area contributed by atoms with Crippen molar-refractivity contribution in [2.45, 2.75) is 6.92 Å². The van der Waals surface area contributed by atoms with Crippen LogP contribution in [0.2, 0.25) is 0 Å². The Bertz CT molecular complexity index is 78.6. The molecular formula is C5H8O2. The van der Waals surface area contributed by atoms with Crippen LogP contribution in [-0.4, -0.2) is 11.1 Å². The van der Waals surface area contributed by atoms with E-state index in [-0.39, 0.29) is 0 Å². The summed E-state index contributed by atoms with van der Waals surface area (Å²) in [5, 5.41) is 8.12. The van der Waals surface area contributed by atoms with Crippen molar-refractivity contribution in [1.82, 2.24) is 0 Å². The van der Waals surface area contributed by atoms with E-state index in [4.69, 9.17) is 5.11 Å². The Morgan fingerprint density at radius 1 is 1.71 bits per heavy atom. The van der Waals surface area contributed by atoms with E-state index in [2.05, 4.69) is 13.8 Å². The summed E-state index contributed by atoms with van der Waals surface area (Å²) in [6, 6.07) is 0. The number of carboxylic acid groups (broad SMARTS) is 1. The molecule has 0 aromatic heterocycles. The lowest BCUT2D eigenvalue weighted by Crippen LogP contribution is -2.19. The summed E-state index contributed by atoms with van der Waals surface area (Å²) in [6.45, 7) is 7.96. The predicted molar refractivity (Wildman–Crippen MR) is 26.5 cm³/mol. The topological polar surface area (TPSA) is 37.3 Å². The molecule has 0 aromatic carbocycles. The van der Waals surface area contributed by atoms with Gasteiger partial charge in [-0.2, -0.15) is 0 Å². The van der Waals surface area contributed by atoms with E-state index in [0.29, 0.717) is 0 Å². The molecule has 0 rings (SSSR count). The minimum atomic E-state index is -1.08. The van der Waals surface area contributed by atoms with Crippen molar-refractivity contribution in [2.24, 2.45) is 5.41 Å². The monoisotopic (exact) mass is 100 g/mol. The smallest absolute Gasteiger partial charge is 0.309 e. The van der Waals surface area contributed by atoms with Crippen LogP contribution in [0, 0.1) is 19.3 Å².